The first-order valence-electron chi connectivity index (χ1n) is 9.77. The summed E-state index contributed by atoms with van der Waals surface area (Å²) in [5, 5.41) is 5.66. The Morgan fingerprint density at radius 2 is 1.82 bits per heavy atom. The van der Waals surface area contributed by atoms with E-state index in [1.807, 2.05) is 0 Å². The standard InChI is InChI=1S/C21H29N5O2/c1-28-20-19(9-5-10-22-20)24-21(27)23-11-6-12-25-13-15-26(16-14-25)17-18-7-3-2-4-8-18/h2-5,7-10H,6,11-17H2,1H3,(H2,23,24,27). The van der Waals surface area contributed by atoms with Gasteiger partial charge in [0.05, 0.1) is 7.11 Å². The zero-order valence-electron chi connectivity index (χ0n) is 16.4. The zero-order chi connectivity index (χ0) is 19.6. The van der Waals surface area contributed by atoms with Gasteiger partial charge in [0.1, 0.15) is 5.69 Å². The number of anilines is 1. The fourth-order valence-electron chi connectivity index (χ4n) is 3.33. The molecular formula is C21H29N5O2. The topological polar surface area (TPSA) is 69.7 Å². The largest absolute Gasteiger partial charge is 0.480 e. The van der Waals surface area contributed by atoms with E-state index >= 15 is 0 Å². The van der Waals surface area contributed by atoms with E-state index in [4.69, 9.17) is 4.74 Å². The molecule has 0 bridgehead atoms. The molecule has 1 fully saturated rings. The molecule has 1 aliphatic heterocycles. The van der Waals surface area contributed by atoms with E-state index < -0.39 is 0 Å². The van der Waals surface area contributed by atoms with Crippen LogP contribution in [-0.4, -0.2) is 67.2 Å². The lowest BCUT2D eigenvalue weighted by Gasteiger charge is -2.34. The minimum atomic E-state index is -0.237. The number of hydrogen-bond donors (Lipinski definition) is 2. The van der Waals surface area contributed by atoms with Crippen molar-refractivity contribution in [1.82, 2.24) is 20.1 Å². The van der Waals surface area contributed by atoms with Crippen LogP contribution in [0.2, 0.25) is 0 Å². The van der Waals surface area contributed by atoms with Crippen LogP contribution < -0.4 is 15.4 Å². The molecule has 1 aromatic heterocycles. The average molecular weight is 383 g/mol. The molecule has 150 valence electrons. The van der Waals surface area contributed by atoms with Crippen LogP contribution >= 0.6 is 0 Å². The van der Waals surface area contributed by atoms with E-state index in [2.05, 4.69) is 55.7 Å². The van der Waals surface area contributed by atoms with E-state index in [1.54, 1.807) is 18.3 Å². The van der Waals surface area contributed by atoms with Gasteiger partial charge in [-0.1, -0.05) is 30.3 Å². The molecule has 1 aliphatic rings. The van der Waals surface area contributed by atoms with Crippen molar-refractivity contribution >= 4 is 11.7 Å². The Morgan fingerprint density at radius 3 is 2.57 bits per heavy atom. The normalized spacial score (nSPS) is 15.2. The van der Waals surface area contributed by atoms with Gasteiger partial charge >= 0.3 is 6.03 Å². The lowest BCUT2D eigenvalue weighted by molar-refractivity contribution is 0.126. The molecule has 1 aromatic carbocycles. The molecule has 28 heavy (non-hydrogen) atoms. The molecule has 7 nitrogen and oxygen atoms in total. The van der Waals surface area contributed by atoms with Gasteiger partial charge in [0.15, 0.2) is 0 Å². The van der Waals surface area contributed by atoms with Gasteiger partial charge in [-0.2, -0.15) is 0 Å². The summed E-state index contributed by atoms with van der Waals surface area (Å²) in [5.74, 6) is 0.408. The SMILES string of the molecule is COc1ncccc1NC(=O)NCCCN1CCN(Cc2ccccc2)CC1. The van der Waals surface area contributed by atoms with Crippen molar-refractivity contribution in [3.63, 3.8) is 0 Å². The fraction of sp³-hybridized carbons (Fsp3) is 0.429. The van der Waals surface area contributed by atoms with E-state index in [0.717, 1.165) is 45.7 Å². The van der Waals surface area contributed by atoms with Gasteiger partial charge in [-0.05, 0) is 30.7 Å². The quantitative estimate of drug-likeness (QED) is 0.685. The second kappa shape index (κ2) is 10.6. The number of pyridine rings is 1. The number of amides is 2. The number of nitrogens with one attached hydrogen (secondary N) is 2. The van der Waals surface area contributed by atoms with Crippen molar-refractivity contribution in [3.05, 3.63) is 54.2 Å². The lowest BCUT2D eigenvalue weighted by atomic mass is 10.2. The van der Waals surface area contributed by atoms with Crippen LogP contribution in [-0.2, 0) is 6.54 Å². The zero-order valence-corrected chi connectivity index (χ0v) is 16.4. The predicted molar refractivity (Wildman–Crippen MR) is 111 cm³/mol. The van der Waals surface area contributed by atoms with Crippen molar-refractivity contribution in [2.24, 2.45) is 0 Å². The minimum absolute atomic E-state index is 0.237. The Hall–Kier alpha value is -2.64. The molecule has 7 heteroatoms. The molecular weight excluding hydrogens is 354 g/mol. The lowest BCUT2D eigenvalue weighted by Crippen LogP contribution is -2.46. The summed E-state index contributed by atoms with van der Waals surface area (Å²) in [4.78, 5) is 21.0. The van der Waals surface area contributed by atoms with Crippen LogP contribution in [0.1, 0.15) is 12.0 Å². The maximum atomic E-state index is 12.0. The van der Waals surface area contributed by atoms with Gasteiger partial charge in [0.2, 0.25) is 5.88 Å². The van der Waals surface area contributed by atoms with Crippen LogP contribution in [0.5, 0.6) is 5.88 Å². The van der Waals surface area contributed by atoms with Gasteiger partial charge in [-0.25, -0.2) is 9.78 Å². The van der Waals surface area contributed by atoms with Crippen molar-refractivity contribution in [1.29, 1.82) is 0 Å². The Balaban J connectivity index is 1.29. The summed E-state index contributed by atoms with van der Waals surface area (Å²) < 4.78 is 5.13. The van der Waals surface area contributed by atoms with Crippen molar-refractivity contribution in [3.8, 4) is 5.88 Å². The molecule has 0 unspecified atom stereocenters. The van der Waals surface area contributed by atoms with Crippen molar-refractivity contribution < 1.29 is 9.53 Å². The number of benzene rings is 1. The van der Waals surface area contributed by atoms with Crippen LogP contribution in [0.15, 0.2) is 48.7 Å². The summed E-state index contributed by atoms with van der Waals surface area (Å²) in [6.45, 7) is 6.98. The average Bonchev–Trinajstić information content (AvgIpc) is 2.73. The third-order valence-electron chi connectivity index (χ3n) is 4.86. The number of ether oxygens (including phenoxy) is 1. The minimum Gasteiger partial charge on any atom is -0.480 e. The van der Waals surface area contributed by atoms with Gasteiger partial charge < -0.3 is 20.3 Å². The third-order valence-corrected chi connectivity index (χ3v) is 4.86. The van der Waals surface area contributed by atoms with Crippen LogP contribution in [0.4, 0.5) is 10.5 Å². The highest BCUT2D eigenvalue weighted by molar-refractivity contribution is 5.90. The number of piperazine rings is 1. The summed E-state index contributed by atoms with van der Waals surface area (Å²) in [6, 6.07) is 13.9. The summed E-state index contributed by atoms with van der Waals surface area (Å²) in [6.07, 6.45) is 2.55. The van der Waals surface area contributed by atoms with Gasteiger partial charge in [-0.3, -0.25) is 4.90 Å². The summed E-state index contributed by atoms with van der Waals surface area (Å²) in [5.41, 5.74) is 1.94. The number of rotatable bonds is 8. The van der Waals surface area contributed by atoms with Gasteiger partial charge in [0, 0.05) is 45.5 Å². The highest BCUT2D eigenvalue weighted by atomic mass is 16.5. The number of carbonyl (C=O) groups excluding carboxylic acids is 1. The number of methoxy groups -OCH3 is 1. The van der Waals surface area contributed by atoms with Crippen molar-refractivity contribution in [2.45, 2.75) is 13.0 Å². The molecule has 2 aromatic rings. The number of urea groups is 1. The first-order chi connectivity index (χ1) is 13.7. The number of nitrogens with zero attached hydrogens (tertiary/aromatic N) is 3. The van der Waals surface area contributed by atoms with E-state index in [1.165, 1.54) is 12.7 Å². The van der Waals surface area contributed by atoms with E-state index in [-0.39, 0.29) is 6.03 Å². The monoisotopic (exact) mass is 383 g/mol. The van der Waals surface area contributed by atoms with Crippen molar-refractivity contribution in [2.75, 3.05) is 51.7 Å². The molecule has 0 atom stereocenters. The van der Waals surface area contributed by atoms with Gasteiger partial charge in [-0.15, -0.1) is 0 Å². The highest BCUT2D eigenvalue weighted by Gasteiger charge is 2.16. The Morgan fingerprint density at radius 1 is 1.07 bits per heavy atom. The maximum Gasteiger partial charge on any atom is 0.319 e. The van der Waals surface area contributed by atoms with Crippen LogP contribution in [0.3, 0.4) is 0 Å². The van der Waals surface area contributed by atoms with Crippen LogP contribution in [0, 0.1) is 0 Å². The summed E-state index contributed by atoms with van der Waals surface area (Å²) in [7, 11) is 1.53. The number of hydrogen-bond acceptors (Lipinski definition) is 5. The first-order valence-corrected chi connectivity index (χ1v) is 9.77. The van der Waals surface area contributed by atoms with E-state index in [9.17, 15) is 4.79 Å². The van der Waals surface area contributed by atoms with Gasteiger partial charge in [0.25, 0.3) is 0 Å². The second-order valence-corrected chi connectivity index (χ2v) is 6.90. The Labute approximate surface area is 166 Å². The molecule has 0 radical (unpaired) electrons. The predicted octanol–water partition coefficient (Wildman–Crippen LogP) is 2.42. The fourth-order valence-corrected chi connectivity index (χ4v) is 3.33. The third kappa shape index (κ3) is 6.21. The Bertz CT molecular complexity index is 733. The molecule has 1 saturated heterocycles. The number of carbonyl (C=O) groups is 1. The molecule has 2 heterocycles. The Kier molecular flexibility index (Phi) is 7.63. The molecule has 0 aliphatic carbocycles. The molecule has 0 saturated carbocycles. The maximum absolute atomic E-state index is 12.0. The molecule has 3 rings (SSSR count). The second-order valence-electron chi connectivity index (χ2n) is 6.90. The smallest absolute Gasteiger partial charge is 0.319 e. The van der Waals surface area contributed by atoms with E-state index in [0.29, 0.717) is 18.1 Å². The molecule has 2 N–H and O–H groups in total. The van der Waals surface area contributed by atoms with Crippen LogP contribution in [0.25, 0.3) is 0 Å². The molecule has 0 spiro atoms. The summed E-state index contributed by atoms with van der Waals surface area (Å²) >= 11 is 0. The molecule has 2 amide bonds. The highest BCUT2D eigenvalue weighted by Crippen LogP contribution is 2.19. The first kappa shape index (κ1) is 20.1. The number of aromatic nitrogens is 1.